The lowest BCUT2D eigenvalue weighted by atomic mass is 10.3. The SMILES string of the molecule is CC(Oc1ccc(S(=O)(=O)Cl)cc1)[N+](C)(C)C. The highest BCUT2D eigenvalue weighted by molar-refractivity contribution is 8.13. The molecule has 1 aromatic rings. The second kappa shape index (κ2) is 4.84. The summed E-state index contributed by atoms with van der Waals surface area (Å²) in [5.41, 5.74) is 0. The topological polar surface area (TPSA) is 43.4 Å². The largest absolute Gasteiger partial charge is 0.443 e. The molecule has 1 atom stereocenters. The summed E-state index contributed by atoms with van der Waals surface area (Å²) in [7, 11) is 7.60. The second-order valence-corrected chi connectivity index (χ2v) is 7.31. The first-order chi connectivity index (χ1) is 7.60. The number of nitrogens with zero attached hydrogens (tertiary/aromatic N) is 1. The Morgan fingerprint density at radius 1 is 1.18 bits per heavy atom. The Bertz CT molecular complexity index is 476. The van der Waals surface area contributed by atoms with Crippen LogP contribution < -0.4 is 4.74 Å². The number of quaternary nitrogens is 1. The van der Waals surface area contributed by atoms with Gasteiger partial charge < -0.3 is 4.74 Å². The Balaban J connectivity index is 2.83. The Kier molecular flexibility index (Phi) is 4.06. The maximum absolute atomic E-state index is 11.0. The van der Waals surface area contributed by atoms with Crippen LogP contribution in [0.2, 0.25) is 0 Å². The van der Waals surface area contributed by atoms with Gasteiger partial charge in [0.1, 0.15) is 5.75 Å². The van der Waals surface area contributed by atoms with E-state index in [2.05, 4.69) is 0 Å². The molecule has 1 unspecified atom stereocenters. The number of halogens is 1. The van der Waals surface area contributed by atoms with Crippen molar-refractivity contribution in [1.82, 2.24) is 0 Å². The summed E-state index contributed by atoms with van der Waals surface area (Å²) in [6, 6.07) is 6.06. The minimum Gasteiger partial charge on any atom is -0.443 e. The number of ether oxygens (including phenoxy) is 1. The highest BCUT2D eigenvalue weighted by Crippen LogP contribution is 2.20. The van der Waals surface area contributed by atoms with E-state index in [9.17, 15) is 8.42 Å². The quantitative estimate of drug-likeness (QED) is 0.481. The molecule has 0 N–H and O–H groups in total. The van der Waals surface area contributed by atoms with Gasteiger partial charge in [-0.1, -0.05) is 0 Å². The van der Waals surface area contributed by atoms with Gasteiger partial charge in [0.05, 0.1) is 26.0 Å². The van der Waals surface area contributed by atoms with Crippen molar-refractivity contribution in [3.63, 3.8) is 0 Å². The van der Waals surface area contributed by atoms with Crippen LogP contribution in [0.5, 0.6) is 5.75 Å². The number of hydrogen-bond acceptors (Lipinski definition) is 3. The molecule has 0 amide bonds. The molecule has 0 fully saturated rings. The standard InChI is InChI=1S/C11H17ClNO3S/c1-9(13(2,3)4)16-10-5-7-11(8-6-10)17(12,14)15/h5-9H,1-4H3/q+1. The van der Waals surface area contributed by atoms with Crippen molar-refractivity contribution in [2.24, 2.45) is 0 Å². The molecule has 0 aliphatic carbocycles. The smallest absolute Gasteiger partial charge is 0.261 e. The van der Waals surface area contributed by atoms with Gasteiger partial charge in [0.15, 0.2) is 0 Å². The molecule has 0 aromatic heterocycles. The van der Waals surface area contributed by atoms with Gasteiger partial charge in [-0.25, -0.2) is 8.42 Å². The fourth-order valence-corrected chi connectivity index (χ4v) is 1.81. The fourth-order valence-electron chi connectivity index (χ4n) is 1.04. The van der Waals surface area contributed by atoms with Crippen LogP contribution in [0.15, 0.2) is 29.2 Å². The van der Waals surface area contributed by atoms with Crippen LogP contribution in [0.3, 0.4) is 0 Å². The van der Waals surface area contributed by atoms with Crippen molar-refractivity contribution in [3.05, 3.63) is 24.3 Å². The summed E-state index contributed by atoms with van der Waals surface area (Å²) >= 11 is 0. The third-order valence-corrected chi connectivity index (χ3v) is 3.87. The normalized spacial score (nSPS) is 14.4. The van der Waals surface area contributed by atoms with Crippen molar-refractivity contribution < 1.29 is 17.6 Å². The van der Waals surface area contributed by atoms with Crippen LogP contribution in [0.25, 0.3) is 0 Å². The number of hydrogen-bond donors (Lipinski definition) is 0. The first-order valence-electron chi connectivity index (χ1n) is 5.13. The lowest BCUT2D eigenvalue weighted by Crippen LogP contribution is -2.46. The molecule has 0 aliphatic rings. The monoisotopic (exact) mass is 278 g/mol. The molecule has 0 saturated heterocycles. The molecule has 1 aromatic carbocycles. The van der Waals surface area contributed by atoms with Crippen molar-refractivity contribution in [2.45, 2.75) is 18.0 Å². The van der Waals surface area contributed by atoms with Crippen molar-refractivity contribution in [1.29, 1.82) is 0 Å². The Labute approximate surface area is 107 Å². The van der Waals surface area contributed by atoms with Crippen molar-refractivity contribution >= 4 is 19.7 Å². The molecule has 0 saturated carbocycles. The van der Waals surface area contributed by atoms with E-state index in [1.54, 1.807) is 12.1 Å². The molecule has 96 valence electrons. The van der Waals surface area contributed by atoms with E-state index < -0.39 is 9.05 Å². The van der Waals surface area contributed by atoms with E-state index in [1.807, 2.05) is 28.1 Å². The summed E-state index contributed by atoms with van der Waals surface area (Å²) < 4.78 is 28.4. The molecule has 6 heteroatoms. The minimum atomic E-state index is -3.66. The van der Waals surface area contributed by atoms with E-state index in [-0.39, 0.29) is 11.1 Å². The third-order valence-electron chi connectivity index (χ3n) is 2.50. The maximum Gasteiger partial charge on any atom is 0.261 e. The van der Waals surface area contributed by atoms with Gasteiger partial charge in [-0.3, -0.25) is 4.48 Å². The summed E-state index contributed by atoms with van der Waals surface area (Å²) in [6.45, 7) is 1.95. The lowest BCUT2D eigenvalue weighted by Gasteiger charge is -2.31. The highest BCUT2D eigenvalue weighted by Gasteiger charge is 2.19. The zero-order valence-corrected chi connectivity index (χ0v) is 11.9. The molecule has 0 spiro atoms. The van der Waals surface area contributed by atoms with Crippen molar-refractivity contribution in [2.75, 3.05) is 21.1 Å². The molecule has 0 aliphatic heterocycles. The Morgan fingerprint density at radius 3 is 2.00 bits per heavy atom. The van der Waals surface area contributed by atoms with Gasteiger partial charge >= 0.3 is 0 Å². The van der Waals surface area contributed by atoms with E-state index in [0.29, 0.717) is 10.2 Å². The van der Waals surface area contributed by atoms with Gasteiger partial charge in [-0.05, 0) is 24.3 Å². The summed E-state index contributed by atoms with van der Waals surface area (Å²) in [5.74, 6) is 0.620. The first-order valence-corrected chi connectivity index (χ1v) is 7.44. The zero-order valence-electron chi connectivity index (χ0n) is 10.3. The maximum atomic E-state index is 11.0. The van der Waals surface area contributed by atoms with E-state index in [1.165, 1.54) is 12.1 Å². The van der Waals surface area contributed by atoms with E-state index in [4.69, 9.17) is 15.4 Å². The van der Waals surface area contributed by atoms with Gasteiger partial charge in [0.2, 0.25) is 6.23 Å². The molecule has 0 heterocycles. The van der Waals surface area contributed by atoms with Gasteiger partial charge in [-0.2, -0.15) is 0 Å². The molecule has 0 radical (unpaired) electrons. The summed E-state index contributed by atoms with van der Waals surface area (Å²) in [6.07, 6.45) is -0.0338. The van der Waals surface area contributed by atoms with Crippen LogP contribution >= 0.6 is 10.7 Å². The van der Waals surface area contributed by atoms with Crippen LogP contribution in [0.1, 0.15) is 6.92 Å². The van der Waals surface area contributed by atoms with Gasteiger partial charge in [0.25, 0.3) is 9.05 Å². The Hall–Kier alpha value is -0.780. The number of rotatable bonds is 4. The van der Waals surface area contributed by atoms with Crippen LogP contribution in [-0.4, -0.2) is 40.3 Å². The fraction of sp³-hybridized carbons (Fsp3) is 0.455. The molecule has 4 nitrogen and oxygen atoms in total. The Morgan fingerprint density at radius 2 is 1.65 bits per heavy atom. The predicted octanol–water partition coefficient (Wildman–Crippen LogP) is 2.05. The molecule has 1 rings (SSSR count). The van der Waals surface area contributed by atoms with Crippen molar-refractivity contribution in [3.8, 4) is 5.75 Å². The highest BCUT2D eigenvalue weighted by atomic mass is 35.7. The molecule has 0 bridgehead atoms. The minimum absolute atomic E-state index is 0.0338. The van der Waals surface area contributed by atoms with Crippen LogP contribution in [-0.2, 0) is 9.05 Å². The second-order valence-electron chi connectivity index (χ2n) is 4.74. The van der Waals surface area contributed by atoms with Crippen LogP contribution in [0, 0.1) is 0 Å². The zero-order chi connectivity index (χ0) is 13.3. The molecular weight excluding hydrogens is 262 g/mol. The van der Waals surface area contributed by atoms with Gasteiger partial charge in [-0.15, -0.1) is 0 Å². The van der Waals surface area contributed by atoms with E-state index >= 15 is 0 Å². The van der Waals surface area contributed by atoms with Crippen LogP contribution in [0.4, 0.5) is 0 Å². The first kappa shape index (κ1) is 14.3. The number of benzene rings is 1. The average Bonchev–Trinajstić information content (AvgIpc) is 2.15. The third kappa shape index (κ3) is 4.18. The van der Waals surface area contributed by atoms with E-state index in [0.717, 1.165) is 0 Å². The predicted molar refractivity (Wildman–Crippen MR) is 67.6 cm³/mol. The van der Waals surface area contributed by atoms with Gasteiger partial charge in [0, 0.05) is 17.6 Å². The molecule has 17 heavy (non-hydrogen) atoms. The molecular formula is C11H17ClNO3S+. The average molecular weight is 279 g/mol. The summed E-state index contributed by atoms with van der Waals surface area (Å²) in [5, 5.41) is 0. The summed E-state index contributed by atoms with van der Waals surface area (Å²) in [4.78, 5) is 0.0735. The lowest BCUT2D eigenvalue weighted by molar-refractivity contribution is -0.912.